The third-order valence-corrected chi connectivity index (χ3v) is 8.32. The highest BCUT2D eigenvalue weighted by molar-refractivity contribution is 5.98. The van der Waals surface area contributed by atoms with E-state index in [1.54, 1.807) is 13.2 Å². The van der Waals surface area contributed by atoms with E-state index in [0.717, 1.165) is 25.7 Å². The predicted molar refractivity (Wildman–Crippen MR) is 145 cm³/mol. The molecular formula is C30H44N2O5. The van der Waals surface area contributed by atoms with Gasteiger partial charge in [-0.3, -0.25) is 14.4 Å². The van der Waals surface area contributed by atoms with Crippen LogP contribution in [-0.2, 0) is 29.3 Å². The summed E-state index contributed by atoms with van der Waals surface area (Å²) in [6.07, 6.45) is 5.83. The van der Waals surface area contributed by atoms with Crippen molar-refractivity contribution >= 4 is 23.3 Å². The standard InChI is InChI=1S/C30H44N2O5/c1-19(2)10-9-11-22-16-21(5)30(17-22,36-6)25(33)18-37-28(35)29(14-15-29)23-12-7-8-13-24(23)32-27(34)26(31)20(3)4/h7-8,12-13,20-22,26H,1,9-11,14-18,31H2,2-6H3,(H,32,34)/t21-,22-,26+,30+/m1/s1. The van der Waals surface area contributed by atoms with Crippen LogP contribution in [-0.4, -0.2) is 43.0 Å². The minimum Gasteiger partial charge on any atom is -0.457 e. The summed E-state index contributed by atoms with van der Waals surface area (Å²) in [6, 6.07) is 6.59. The van der Waals surface area contributed by atoms with Gasteiger partial charge in [0.1, 0.15) is 5.60 Å². The number of esters is 1. The molecule has 0 radical (unpaired) electrons. The molecule has 37 heavy (non-hydrogen) atoms. The first-order chi connectivity index (χ1) is 17.5. The van der Waals surface area contributed by atoms with Gasteiger partial charge in [0.2, 0.25) is 11.7 Å². The second kappa shape index (κ2) is 11.9. The first-order valence-electron chi connectivity index (χ1n) is 13.5. The van der Waals surface area contributed by atoms with Crippen molar-refractivity contribution < 1.29 is 23.9 Å². The Balaban J connectivity index is 1.66. The zero-order valence-electron chi connectivity index (χ0n) is 23.1. The molecule has 0 spiro atoms. The van der Waals surface area contributed by atoms with Crippen molar-refractivity contribution in [3.8, 4) is 0 Å². The van der Waals surface area contributed by atoms with E-state index in [1.165, 1.54) is 5.57 Å². The highest BCUT2D eigenvalue weighted by atomic mass is 16.5. The van der Waals surface area contributed by atoms with Crippen LogP contribution in [0.25, 0.3) is 0 Å². The largest absolute Gasteiger partial charge is 0.457 e. The summed E-state index contributed by atoms with van der Waals surface area (Å²) < 4.78 is 11.5. The number of anilines is 1. The van der Waals surface area contributed by atoms with Crippen LogP contribution in [0.15, 0.2) is 36.4 Å². The third-order valence-electron chi connectivity index (χ3n) is 8.32. The Hall–Kier alpha value is -2.51. The summed E-state index contributed by atoms with van der Waals surface area (Å²) >= 11 is 0. The van der Waals surface area contributed by atoms with Crippen molar-refractivity contribution in [1.82, 2.24) is 0 Å². The molecule has 0 aromatic heterocycles. The summed E-state index contributed by atoms with van der Waals surface area (Å²) in [5.74, 6) is -0.484. The van der Waals surface area contributed by atoms with Gasteiger partial charge in [-0.2, -0.15) is 0 Å². The molecule has 0 saturated heterocycles. The van der Waals surface area contributed by atoms with E-state index in [4.69, 9.17) is 15.2 Å². The zero-order chi connectivity index (χ0) is 27.4. The first-order valence-corrected chi connectivity index (χ1v) is 13.5. The normalized spacial score (nSPS) is 24.9. The minimum atomic E-state index is -0.927. The van der Waals surface area contributed by atoms with E-state index in [-0.39, 0.29) is 30.1 Å². The van der Waals surface area contributed by atoms with Crippen LogP contribution in [0.1, 0.15) is 78.2 Å². The molecule has 204 valence electrons. The smallest absolute Gasteiger partial charge is 0.317 e. The average Bonchev–Trinajstić information content (AvgIpc) is 3.60. The molecule has 1 aromatic rings. The zero-order valence-corrected chi connectivity index (χ0v) is 23.1. The summed E-state index contributed by atoms with van der Waals surface area (Å²) in [4.78, 5) is 39.3. The topological polar surface area (TPSA) is 108 Å². The van der Waals surface area contributed by atoms with Crippen molar-refractivity contribution in [2.24, 2.45) is 23.5 Å². The van der Waals surface area contributed by atoms with Crippen LogP contribution in [0.3, 0.4) is 0 Å². The third kappa shape index (κ3) is 6.32. The van der Waals surface area contributed by atoms with E-state index >= 15 is 0 Å². The van der Waals surface area contributed by atoms with Gasteiger partial charge in [-0.15, -0.1) is 6.58 Å². The van der Waals surface area contributed by atoms with Crippen LogP contribution in [0.2, 0.25) is 0 Å². The fourth-order valence-corrected chi connectivity index (χ4v) is 5.73. The van der Waals surface area contributed by atoms with Gasteiger partial charge in [0.05, 0.1) is 11.5 Å². The van der Waals surface area contributed by atoms with E-state index in [1.807, 2.05) is 45.9 Å². The lowest BCUT2D eigenvalue weighted by atomic mass is 9.87. The molecular weight excluding hydrogens is 468 g/mol. The van der Waals surface area contributed by atoms with Crippen LogP contribution in [0.5, 0.6) is 0 Å². The maximum absolute atomic E-state index is 13.4. The number of nitrogens with two attached hydrogens (primary N) is 1. The number of nitrogens with one attached hydrogen (secondary N) is 1. The summed E-state index contributed by atoms with van der Waals surface area (Å²) in [7, 11) is 1.58. The molecule has 0 aliphatic heterocycles. The van der Waals surface area contributed by atoms with Crippen molar-refractivity contribution in [2.45, 2.75) is 89.7 Å². The van der Waals surface area contributed by atoms with Crippen LogP contribution < -0.4 is 11.1 Å². The number of ketones is 1. The molecule has 0 heterocycles. The number of amides is 1. The number of hydrogen-bond acceptors (Lipinski definition) is 6. The molecule has 1 amide bonds. The number of rotatable bonds is 13. The van der Waals surface area contributed by atoms with Gasteiger partial charge in [0.15, 0.2) is 6.61 Å². The number of carbonyl (C=O) groups is 3. The maximum atomic E-state index is 13.4. The molecule has 7 heteroatoms. The van der Waals surface area contributed by atoms with Crippen LogP contribution in [0.4, 0.5) is 5.69 Å². The fourth-order valence-electron chi connectivity index (χ4n) is 5.73. The highest BCUT2D eigenvalue weighted by Crippen LogP contribution is 2.52. The Morgan fingerprint density at radius 3 is 2.49 bits per heavy atom. The molecule has 3 N–H and O–H groups in total. The Bertz CT molecular complexity index is 1010. The van der Waals surface area contributed by atoms with Gasteiger partial charge < -0.3 is 20.5 Å². The Morgan fingerprint density at radius 1 is 1.22 bits per heavy atom. The lowest BCUT2D eigenvalue weighted by Gasteiger charge is -2.31. The second-order valence-corrected chi connectivity index (χ2v) is 11.5. The van der Waals surface area contributed by atoms with Crippen molar-refractivity contribution in [3.63, 3.8) is 0 Å². The lowest BCUT2D eigenvalue weighted by molar-refractivity contribution is -0.160. The number of allylic oxidation sites excluding steroid dienone is 1. The molecule has 2 saturated carbocycles. The van der Waals surface area contributed by atoms with E-state index in [2.05, 4.69) is 11.9 Å². The van der Waals surface area contributed by atoms with Gasteiger partial charge in [0.25, 0.3) is 0 Å². The summed E-state index contributed by atoms with van der Waals surface area (Å²) in [6.45, 7) is 11.5. The number of Topliss-reactive ketones (excluding diaryl/α,β-unsaturated/α-hetero) is 1. The number of methoxy groups -OCH3 is 1. The minimum absolute atomic E-state index is 0.0187. The molecule has 1 aromatic carbocycles. The second-order valence-electron chi connectivity index (χ2n) is 11.5. The van der Waals surface area contributed by atoms with Crippen molar-refractivity contribution in [3.05, 3.63) is 42.0 Å². The van der Waals surface area contributed by atoms with E-state index < -0.39 is 23.0 Å². The van der Waals surface area contributed by atoms with Gasteiger partial charge >= 0.3 is 5.97 Å². The van der Waals surface area contributed by atoms with Gasteiger partial charge in [-0.25, -0.2) is 0 Å². The van der Waals surface area contributed by atoms with Gasteiger partial charge in [-0.1, -0.05) is 51.0 Å². The maximum Gasteiger partial charge on any atom is 0.317 e. The molecule has 4 atom stereocenters. The average molecular weight is 513 g/mol. The summed E-state index contributed by atoms with van der Waals surface area (Å²) in [5.41, 5.74) is 6.65. The fraction of sp³-hybridized carbons (Fsp3) is 0.633. The van der Waals surface area contributed by atoms with Gasteiger partial charge in [0, 0.05) is 12.8 Å². The van der Waals surface area contributed by atoms with Crippen LogP contribution in [0, 0.1) is 17.8 Å². The molecule has 2 aliphatic carbocycles. The Kier molecular flexibility index (Phi) is 9.35. The quantitative estimate of drug-likeness (QED) is 0.287. The first kappa shape index (κ1) is 29.1. The number of benzene rings is 1. The SMILES string of the molecule is C=C(C)CCC[C@@H]1C[C@@H](C)[C@](OC)(C(=O)COC(=O)C2(c3ccccc3NC(=O)[C@@H](N)C(C)C)CC2)C1. The predicted octanol–water partition coefficient (Wildman–Crippen LogP) is 4.93. The van der Waals surface area contributed by atoms with E-state index in [0.29, 0.717) is 36.4 Å². The number of hydrogen-bond donors (Lipinski definition) is 2. The molecule has 0 unspecified atom stereocenters. The van der Waals surface area contributed by atoms with E-state index in [9.17, 15) is 14.4 Å². The van der Waals surface area contributed by atoms with Gasteiger partial charge in [-0.05, 0) is 74.8 Å². The van der Waals surface area contributed by atoms with Crippen molar-refractivity contribution in [1.29, 1.82) is 0 Å². The molecule has 0 bridgehead atoms. The molecule has 2 aliphatic rings. The number of para-hydroxylation sites is 1. The molecule has 2 fully saturated rings. The number of carbonyl (C=O) groups excluding carboxylic acids is 3. The lowest BCUT2D eigenvalue weighted by Crippen LogP contribution is -2.46. The molecule has 7 nitrogen and oxygen atoms in total. The highest BCUT2D eigenvalue weighted by Gasteiger charge is 2.55. The van der Waals surface area contributed by atoms with Crippen LogP contribution >= 0.6 is 0 Å². The Morgan fingerprint density at radius 2 is 1.89 bits per heavy atom. The molecule has 3 rings (SSSR count). The summed E-state index contributed by atoms with van der Waals surface area (Å²) in [5, 5.41) is 2.89. The van der Waals surface area contributed by atoms with Crippen molar-refractivity contribution in [2.75, 3.05) is 19.0 Å². The number of ether oxygens (including phenoxy) is 2. The Labute approximate surface area is 221 Å². The monoisotopic (exact) mass is 512 g/mol.